The van der Waals surface area contributed by atoms with Crippen molar-refractivity contribution in [3.63, 3.8) is 0 Å². The zero-order valence-corrected chi connectivity index (χ0v) is 22.0. The summed E-state index contributed by atoms with van der Waals surface area (Å²) in [6.07, 6.45) is 2.49. The zero-order chi connectivity index (χ0) is 27.9. The third kappa shape index (κ3) is 9.76. The molecular weight excluding hydrogens is 484 g/mol. The first-order valence-electron chi connectivity index (χ1n) is 12.4. The van der Waals surface area contributed by atoms with Gasteiger partial charge in [-0.1, -0.05) is 44.2 Å². The van der Waals surface area contributed by atoms with Gasteiger partial charge in [-0.2, -0.15) is 0 Å². The zero-order valence-electron chi connectivity index (χ0n) is 22.0. The van der Waals surface area contributed by atoms with E-state index >= 15 is 0 Å². The Balaban J connectivity index is 0.00000247. The number of aryl methyl sites for hydroxylation is 2. The Morgan fingerprint density at radius 2 is 1.63 bits per heavy atom. The van der Waals surface area contributed by atoms with Crippen molar-refractivity contribution in [2.45, 2.75) is 40.0 Å². The van der Waals surface area contributed by atoms with Crippen molar-refractivity contribution in [2.75, 3.05) is 29.9 Å². The van der Waals surface area contributed by atoms with Gasteiger partial charge in [-0.25, -0.2) is 9.97 Å². The van der Waals surface area contributed by atoms with Crippen molar-refractivity contribution in [3.8, 4) is 5.75 Å². The summed E-state index contributed by atoms with van der Waals surface area (Å²) >= 11 is 0. The summed E-state index contributed by atoms with van der Waals surface area (Å²) in [5.74, 6) is -0.120. The normalized spacial score (nSPS) is 10.7. The van der Waals surface area contributed by atoms with Crippen LogP contribution in [-0.4, -0.2) is 40.9 Å². The number of nitrogens with two attached hydrogens (primary N) is 3. The fourth-order valence-corrected chi connectivity index (χ4v) is 3.19. The first-order valence-corrected chi connectivity index (χ1v) is 12.4. The second-order valence-electron chi connectivity index (χ2n) is 7.95. The summed E-state index contributed by atoms with van der Waals surface area (Å²) in [6.45, 7) is 6.01. The molecular formula is C27H36N8O3. The number of nitrogens with one attached hydrogen (secondary N) is 2. The van der Waals surface area contributed by atoms with E-state index in [-0.39, 0.29) is 35.8 Å². The van der Waals surface area contributed by atoms with E-state index in [9.17, 15) is 9.59 Å². The molecule has 0 aliphatic carbocycles. The van der Waals surface area contributed by atoms with Gasteiger partial charge in [0.25, 0.3) is 11.8 Å². The van der Waals surface area contributed by atoms with E-state index in [0.717, 1.165) is 30.5 Å². The van der Waals surface area contributed by atoms with Crippen LogP contribution in [0.25, 0.3) is 0 Å². The summed E-state index contributed by atoms with van der Waals surface area (Å²) in [7, 11) is 0. The van der Waals surface area contributed by atoms with E-state index in [1.54, 1.807) is 6.92 Å². The molecule has 1 heterocycles. The summed E-state index contributed by atoms with van der Waals surface area (Å²) in [5, 5.41) is 5.23. The monoisotopic (exact) mass is 520 g/mol. The number of hydrogen-bond donors (Lipinski definition) is 5. The molecule has 0 aliphatic rings. The van der Waals surface area contributed by atoms with Crippen LogP contribution in [0.3, 0.4) is 0 Å². The lowest BCUT2D eigenvalue weighted by atomic mass is 10.1. The molecule has 0 aliphatic heterocycles. The van der Waals surface area contributed by atoms with Gasteiger partial charge in [0.1, 0.15) is 11.6 Å². The predicted molar refractivity (Wildman–Crippen MR) is 151 cm³/mol. The smallest absolute Gasteiger partial charge is 0.280 e. The van der Waals surface area contributed by atoms with Crippen molar-refractivity contribution in [1.29, 1.82) is 0 Å². The Morgan fingerprint density at radius 1 is 0.947 bits per heavy atom. The van der Waals surface area contributed by atoms with Gasteiger partial charge in [0.2, 0.25) is 0 Å². The molecule has 0 fully saturated rings. The Labute approximate surface area is 222 Å². The third-order valence-corrected chi connectivity index (χ3v) is 5.10. The molecule has 0 saturated carbocycles. The van der Waals surface area contributed by atoms with Crippen LogP contribution in [0.4, 0.5) is 17.3 Å². The number of aliphatic imine (C=N–C) groups is 1. The van der Waals surface area contributed by atoms with Crippen LogP contribution in [0, 0.1) is 6.92 Å². The largest absolute Gasteiger partial charge is 0.484 e. The first kappa shape index (κ1) is 29.6. The Hall–Kier alpha value is -4.67. The Morgan fingerprint density at radius 3 is 2.32 bits per heavy atom. The summed E-state index contributed by atoms with van der Waals surface area (Å²) < 4.78 is 5.55. The quantitative estimate of drug-likeness (QED) is 0.153. The van der Waals surface area contributed by atoms with Crippen LogP contribution in [0.5, 0.6) is 5.75 Å². The number of carbonyl (C=O) groups excluding carboxylic acids is 2. The number of amides is 2. The molecule has 2 aromatic carbocycles. The van der Waals surface area contributed by atoms with Crippen LogP contribution in [0.1, 0.15) is 48.4 Å². The number of rotatable bonds is 10. The first-order chi connectivity index (χ1) is 18.3. The van der Waals surface area contributed by atoms with E-state index in [1.807, 2.05) is 68.4 Å². The number of ether oxygens (including phenoxy) is 1. The van der Waals surface area contributed by atoms with Crippen LogP contribution >= 0.6 is 0 Å². The van der Waals surface area contributed by atoms with Gasteiger partial charge in [0.15, 0.2) is 24.1 Å². The number of anilines is 3. The van der Waals surface area contributed by atoms with E-state index in [2.05, 4.69) is 25.6 Å². The molecule has 3 rings (SSSR count). The summed E-state index contributed by atoms with van der Waals surface area (Å²) in [5.41, 5.74) is 19.3. The highest BCUT2D eigenvalue weighted by Crippen LogP contribution is 2.15. The van der Waals surface area contributed by atoms with Crippen molar-refractivity contribution >= 4 is 35.1 Å². The van der Waals surface area contributed by atoms with Gasteiger partial charge >= 0.3 is 0 Å². The minimum absolute atomic E-state index is 0.0199. The SMILES string of the molecule is CC.Cc1nc(C(=O)NC(N)=NCCCCc2ccc(OCC(=O)Nc3ccccc3)cc2)c(N)nc1N. The van der Waals surface area contributed by atoms with Crippen LogP contribution in [0.15, 0.2) is 59.6 Å². The molecule has 2 amide bonds. The average Bonchev–Trinajstić information content (AvgIpc) is 2.91. The molecule has 0 atom stereocenters. The number of aromatic nitrogens is 2. The molecule has 0 unspecified atom stereocenters. The fraction of sp³-hybridized carbons (Fsp3) is 0.296. The molecule has 3 aromatic rings. The van der Waals surface area contributed by atoms with E-state index in [0.29, 0.717) is 18.0 Å². The van der Waals surface area contributed by atoms with Gasteiger partial charge < -0.3 is 27.3 Å². The molecule has 1 aromatic heterocycles. The van der Waals surface area contributed by atoms with Gasteiger partial charge in [-0.3, -0.25) is 19.9 Å². The number of unbranched alkanes of at least 4 members (excludes halogenated alkanes) is 1. The molecule has 0 saturated heterocycles. The number of nitrogens with zero attached hydrogens (tertiary/aromatic N) is 3. The Bertz CT molecular complexity index is 1210. The number of guanidine groups is 1. The molecule has 8 N–H and O–H groups in total. The second-order valence-corrected chi connectivity index (χ2v) is 7.95. The molecule has 202 valence electrons. The maximum Gasteiger partial charge on any atom is 0.280 e. The number of nitrogen functional groups attached to an aromatic ring is 2. The Kier molecular flexibility index (Phi) is 12.0. The highest BCUT2D eigenvalue weighted by Gasteiger charge is 2.15. The summed E-state index contributed by atoms with van der Waals surface area (Å²) in [4.78, 5) is 36.4. The second kappa shape index (κ2) is 15.4. The van der Waals surface area contributed by atoms with Crippen molar-refractivity contribution in [1.82, 2.24) is 15.3 Å². The average molecular weight is 521 g/mol. The molecule has 11 nitrogen and oxygen atoms in total. The van der Waals surface area contributed by atoms with E-state index in [4.69, 9.17) is 21.9 Å². The highest BCUT2D eigenvalue weighted by atomic mass is 16.5. The predicted octanol–water partition coefficient (Wildman–Crippen LogP) is 3.06. The summed E-state index contributed by atoms with van der Waals surface area (Å²) in [6, 6.07) is 16.8. The van der Waals surface area contributed by atoms with Crippen LogP contribution < -0.4 is 32.6 Å². The van der Waals surface area contributed by atoms with Crippen molar-refractivity contribution < 1.29 is 14.3 Å². The van der Waals surface area contributed by atoms with Gasteiger partial charge in [-0.05, 0) is 56.0 Å². The fourth-order valence-electron chi connectivity index (χ4n) is 3.19. The minimum atomic E-state index is -0.593. The maximum atomic E-state index is 12.3. The lowest BCUT2D eigenvalue weighted by Crippen LogP contribution is -2.38. The molecule has 0 bridgehead atoms. The van der Waals surface area contributed by atoms with Crippen molar-refractivity contribution in [3.05, 3.63) is 71.5 Å². The topological polar surface area (TPSA) is 184 Å². The number of hydrogen-bond acceptors (Lipinski definition) is 8. The number of para-hydroxylation sites is 1. The lowest BCUT2D eigenvalue weighted by molar-refractivity contribution is -0.118. The molecule has 11 heteroatoms. The van der Waals surface area contributed by atoms with Crippen LogP contribution in [-0.2, 0) is 11.2 Å². The lowest BCUT2D eigenvalue weighted by Gasteiger charge is -2.08. The minimum Gasteiger partial charge on any atom is -0.484 e. The number of benzene rings is 2. The highest BCUT2D eigenvalue weighted by molar-refractivity contribution is 6.06. The standard InChI is InChI=1S/C25H30N8O3.C2H6/c1-16-22(26)32-23(27)21(30-16)24(35)33-25(28)29-14-6-5-7-17-10-12-19(13-11-17)36-15-20(34)31-18-8-3-2-4-9-18;1-2/h2-4,8-13H,5-7,14-15H2,1H3,(H,31,34)(H4,26,27,32)(H3,28,29,33,35);1-2H3. The number of carbonyl (C=O) groups is 2. The van der Waals surface area contributed by atoms with Crippen LogP contribution in [0.2, 0.25) is 0 Å². The third-order valence-electron chi connectivity index (χ3n) is 5.10. The van der Waals surface area contributed by atoms with Crippen molar-refractivity contribution in [2.24, 2.45) is 10.7 Å². The van der Waals surface area contributed by atoms with E-state index in [1.165, 1.54) is 0 Å². The maximum absolute atomic E-state index is 12.3. The van der Waals surface area contributed by atoms with Gasteiger partial charge in [0, 0.05) is 12.2 Å². The molecule has 0 radical (unpaired) electrons. The van der Waals surface area contributed by atoms with E-state index < -0.39 is 5.91 Å². The van der Waals surface area contributed by atoms with Gasteiger partial charge in [0.05, 0.1) is 5.69 Å². The molecule has 0 spiro atoms. The van der Waals surface area contributed by atoms with Gasteiger partial charge in [-0.15, -0.1) is 0 Å². The molecule has 38 heavy (non-hydrogen) atoms.